The van der Waals surface area contributed by atoms with Crippen LogP contribution in [0.15, 0.2) is 29.3 Å². The number of hydrogen-bond donors (Lipinski definition) is 1. The number of rotatable bonds is 7. The van der Waals surface area contributed by atoms with Crippen molar-refractivity contribution < 1.29 is 14.3 Å². The zero-order valence-corrected chi connectivity index (χ0v) is 21.3. The minimum atomic E-state index is -0.360. The summed E-state index contributed by atoms with van der Waals surface area (Å²) in [6.07, 6.45) is 4.75. The molecule has 34 heavy (non-hydrogen) atoms. The minimum absolute atomic E-state index is 0.114. The molecule has 0 radical (unpaired) electrons. The van der Waals surface area contributed by atoms with E-state index >= 15 is 0 Å². The van der Waals surface area contributed by atoms with E-state index in [0.717, 1.165) is 31.4 Å². The first-order valence-corrected chi connectivity index (χ1v) is 13.0. The summed E-state index contributed by atoms with van der Waals surface area (Å²) >= 11 is 1.38. The van der Waals surface area contributed by atoms with Crippen molar-refractivity contribution in [2.45, 2.75) is 70.1 Å². The van der Waals surface area contributed by atoms with Crippen molar-refractivity contribution in [1.29, 1.82) is 5.26 Å². The topological polar surface area (TPSA) is 84.2 Å². The third-order valence-corrected chi connectivity index (χ3v) is 8.58. The van der Waals surface area contributed by atoms with E-state index in [4.69, 9.17) is 14.5 Å². The number of nitriles is 1. The molecule has 2 atom stereocenters. The Balaban J connectivity index is 1.49. The number of benzene rings is 1. The number of nitrogens with zero attached hydrogens (tertiary/aromatic N) is 2. The summed E-state index contributed by atoms with van der Waals surface area (Å²) < 4.78 is 11.2. The van der Waals surface area contributed by atoms with Gasteiger partial charge < -0.3 is 14.8 Å². The van der Waals surface area contributed by atoms with Crippen LogP contribution in [0.4, 0.5) is 5.69 Å². The van der Waals surface area contributed by atoms with Gasteiger partial charge in [0.15, 0.2) is 11.5 Å². The molecule has 0 fully saturated rings. The zero-order chi connectivity index (χ0) is 24.3. The van der Waals surface area contributed by atoms with E-state index in [9.17, 15) is 10.1 Å². The lowest BCUT2D eigenvalue weighted by Gasteiger charge is -2.37. The first-order valence-electron chi connectivity index (χ1n) is 12.1. The Morgan fingerprint density at radius 2 is 2.03 bits per heavy atom. The van der Waals surface area contributed by atoms with Crippen LogP contribution in [0, 0.1) is 22.7 Å². The number of amides is 1. The summed E-state index contributed by atoms with van der Waals surface area (Å²) in [6, 6.07) is 9.74. The van der Waals surface area contributed by atoms with E-state index in [0.29, 0.717) is 53.3 Å². The maximum absolute atomic E-state index is 13.1. The molecule has 0 saturated carbocycles. The largest absolute Gasteiger partial charge is 0.486 e. The molecule has 1 amide bonds. The Morgan fingerprint density at radius 1 is 1.26 bits per heavy atom. The van der Waals surface area contributed by atoms with Gasteiger partial charge in [-0.05, 0) is 60.8 Å². The van der Waals surface area contributed by atoms with Gasteiger partial charge in [-0.15, -0.1) is 0 Å². The number of nitrogens with one attached hydrogen (secondary N) is 1. The zero-order valence-electron chi connectivity index (χ0n) is 20.4. The highest BCUT2D eigenvalue weighted by atomic mass is 32.2. The number of thioether (sulfide) groups is 1. The molecular formula is C27H33N3O3S. The average Bonchev–Trinajstić information content (AvgIpc) is 2.86. The van der Waals surface area contributed by atoms with Crippen molar-refractivity contribution >= 4 is 23.4 Å². The number of pyridine rings is 1. The highest BCUT2D eigenvalue weighted by molar-refractivity contribution is 8.00. The van der Waals surface area contributed by atoms with Crippen LogP contribution in [0.1, 0.15) is 63.8 Å². The van der Waals surface area contributed by atoms with Crippen LogP contribution in [-0.2, 0) is 17.6 Å². The lowest BCUT2D eigenvalue weighted by molar-refractivity contribution is -0.115. The van der Waals surface area contributed by atoms with Gasteiger partial charge in [-0.1, -0.05) is 45.9 Å². The van der Waals surface area contributed by atoms with E-state index < -0.39 is 0 Å². The first-order chi connectivity index (χ1) is 16.3. The lowest BCUT2D eigenvalue weighted by atomic mass is 9.69. The van der Waals surface area contributed by atoms with Crippen LogP contribution in [0.25, 0.3) is 0 Å². The molecule has 2 heterocycles. The van der Waals surface area contributed by atoms with Gasteiger partial charge >= 0.3 is 0 Å². The summed E-state index contributed by atoms with van der Waals surface area (Å²) in [5.74, 6) is 1.80. The van der Waals surface area contributed by atoms with Crippen molar-refractivity contribution in [3.8, 4) is 17.6 Å². The van der Waals surface area contributed by atoms with Crippen LogP contribution in [0.2, 0.25) is 0 Å². The standard InChI is InChI=1S/C27H33N3O3S/c1-5-24(25(31)29-20-8-10-22-23(15-20)33-12-11-32-22)34-26-18(16-28)13-17-14-19(27(3,4)6-2)7-9-21(17)30-26/h8,10,13,15,19,24H,5-7,9,11-12,14H2,1-4H3,(H,29,31). The fraction of sp³-hybridized carbons (Fsp3) is 0.519. The molecule has 1 aliphatic carbocycles. The highest BCUT2D eigenvalue weighted by Crippen LogP contribution is 2.41. The first kappa shape index (κ1) is 24.4. The third-order valence-electron chi connectivity index (χ3n) is 7.22. The number of ether oxygens (including phenoxy) is 2. The van der Waals surface area contributed by atoms with Gasteiger partial charge in [0, 0.05) is 17.4 Å². The van der Waals surface area contributed by atoms with Crippen molar-refractivity contribution in [2.24, 2.45) is 11.3 Å². The van der Waals surface area contributed by atoms with Crippen LogP contribution in [-0.4, -0.2) is 29.4 Å². The summed E-state index contributed by atoms with van der Waals surface area (Å²) in [6.45, 7) is 9.90. The Kier molecular flexibility index (Phi) is 7.37. The fourth-order valence-electron chi connectivity index (χ4n) is 4.57. The normalized spacial score (nSPS) is 17.9. The van der Waals surface area contributed by atoms with E-state index in [-0.39, 0.29) is 16.6 Å². The average molecular weight is 480 g/mol. The quantitative estimate of drug-likeness (QED) is 0.507. The molecule has 7 heteroatoms. The Hall–Kier alpha value is -2.72. The van der Waals surface area contributed by atoms with Crippen molar-refractivity contribution in [3.63, 3.8) is 0 Å². The molecule has 0 spiro atoms. The molecule has 4 rings (SSSR count). The predicted octanol–water partition coefficient (Wildman–Crippen LogP) is 5.77. The van der Waals surface area contributed by atoms with Gasteiger partial charge in [-0.3, -0.25) is 4.79 Å². The van der Waals surface area contributed by atoms with Crippen LogP contribution >= 0.6 is 11.8 Å². The Bertz CT molecular complexity index is 1110. The van der Waals surface area contributed by atoms with Gasteiger partial charge in [0.2, 0.25) is 5.91 Å². The van der Waals surface area contributed by atoms with Crippen LogP contribution < -0.4 is 14.8 Å². The molecule has 1 aliphatic heterocycles. The van der Waals surface area contributed by atoms with Gasteiger partial charge in [-0.2, -0.15) is 5.26 Å². The summed E-state index contributed by atoms with van der Waals surface area (Å²) in [7, 11) is 0. The van der Waals surface area contributed by atoms with E-state index in [2.05, 4.69) is 32.2 Å². The summed E-state index contributed by atoms with van der Waals surface area (Å²) in [4.78, 5) is 18.0. The second-order valence-corrected chi connectivity index (χ2v) is 10.9. The molecule has 6 nitrogen and oxygen atoms in total. The molecule has 1 aromatic carbocycles. The SMILES string of the molecule is CCC(Sc1nc2c(cc1C#N)CC(C(C)(C)CC)CC2)C(=O)Nc1ccc2c(c1)OCCO2. The van der Waals surface area contributed by atoms with Crippen molar-refractivity contribution in [2.75, 3.05) is 18.5 Å². The molecule has 180 valence electrons. The lowest BCUT2D eigenvalue weighted by Crippen LogP contribution is -2.29. The number of anilines is 1. The highest BCUT2D eigenvalue weighted by Gasteiger charge is 2.32. The molecule has 1 aromatic heterocycles. The van der Waals surface area contributed by atoms with Crippen LogP contribution in [0.5, 0.6) is 11.5 Å². The van der Waals surface area contributed by atoms with Crippen LogP contribution in [0.3, 0.4) is 0 Å². The maximum atomic E-state index is 13.1. The number of carbonyl (C=O) groups is 1. The molecular weight excluding hydrogens is 446 g/mol. The number of aromatic nitrogens is 1. The minimum Gasteiger partial charge on any atom is -0.486 e. The van der Waals surface area contributed by atoms with E-state index in [1.807, 2.05) is 25.1 Å². The summed E-state index contributed by atoms with van der Waals surface area (Å²) in [5, 5.41) is 13.1. The van der Waals surface area contributed by atoms with Crippen molar-refractivity contribution in [1.82, 2.24) is 4.98 Å². The van der Waals surface area contributed by atoms with Gasteiger partial charge in [0.05, 0.1) is 10.8 Å². The second kappa shape index (κ2) is 10.3. The second-order valence-electron chi connectivity index (χ2n) is 9.70. The molecule has 0 bridgehead atoms. The smallest absolute Gasteiger partial charge is 0.237 e. The number of carbonyl (C=O) groups excluding carboxylic acids is 1. The van der Waals surface area contributed by atoms with Gasteiger partial charge in [0.25, 0.3) is 0 Å². The van der Waals surface area contributed by atoms with Crippen molar-refractivity contribution in [3.05, 3.63) is 41.1 Å². The molecule has 1 N–H and O–H groups in total. The Morgan fingerprint density at radius 3 is 2.74 bits per heavy atom. The number of aryl methyl sites for hydroxylation is 1. The number of hydrogen-bond acceptors (Lipinski definition) is 6. The van der Waals surface area contributed by atoms with E-state index in [1.165, 1.54) is 17.3 Å². The maximum Gasteiger partial charge on any atom is 0.237 e. The molecule has 0 saturated heterocycles. The monoisotopic (exact) mass is 479 g/mol. The molecule has 2 unspecified atom stereocenters. The molecule has 2 aromatic rings. The molecule has 2 aliphatic rings. The van der Waals surface area contributed by atoms with Gasteiger partial charge in [-0.25, -0.2) is 4.98 Å². The number of fused-ring (bicyclic) bond motifs is 2. The van der Waals surface area contributed by atoms with Gasteiger partial charge in [0.1, 0.15) is 24.3 Å². The Labute approximate surface area is 206 Å². The fourth-order valence-corrected chi connectivity index (χ4v) is 5.57. The third kappa shape index (κ3) is 5.17. The predicted molar refractivity (Wildman–Crippen MR) is 135 cm³/mol. The summed E-state index contributed by atoms with van der Waals surface area (Å²) in [5.41, 5.74) is 3.76. The van der Waals surface area contributed by atoms with E-state index in [1.54, 1.807) is 6.07 Å².